The molecule has 1 amide bonds. The molecule has 6 nitrogen and oxygen atoms in total. The molecule has 6 heteroatoms. The maximum Gasteiger partial charge on any atom is 0.339 e. The molecule has 2 heterocycles. The van der Waals surface area contributed by atoms with Crippen LogP contribution < -0.4 is 5.43 Å². The lowest BCUT2D eigenvalue weighted by Crippen LogP contribution is -2.56. The predicted octanol–water partition coefficient (Wildman–Crippen LogP) is 2.30. The Hall–Kier alpha value is -1.92. The molecule has 0 atom stereocenters. The molecule has 3 aliphatic rings. The van der Waals surface area contributed by atoms with Gasteiger partial charge in [-0.1, -0.05) is 18.2 Å². The fourth-order valence-electron chi connectivity index (χ4n) is 4.66. The molecular weight excluding hydrogens is 342 g/mol. The van der Waals surface area contributed by atoms with Crippen LogP contribution in [0.1, 0.15) is 55.5 Å². The third kappa shape index (κ3) is 3.48. The zero-order valence-electron chi connectivity index (χ0n) is 16.2. The summed E-state index contributed by atoms with van der Waals surface area (Å²) in [5, 5.41) is 2.05. The highest BCUT2D eigenvalue weighted by atomic mass is 16.6. The first-order chi connectivity index (χ1) is 13.0. The SMILES string of the molecule is CC(C)N1CCN(NC(=O)[C@H]2CC[C@@]3(CC2)OC(=O)c2ccccc23)CC1. The topological polar surface area (TPSA) is 61.9 Å². The molecular formula is C21H29N3O3. The van der Waals surface area contributed by atoms with Crippen molar-refractivity contribution >= 4 is 11.9 Å². The van der Waals surface area contributed by atoms with Crippen molar-refractivity contribution in [1.29, 1.82) is 0 Å². The smallest absolute Gasteiger partial charge is 0.339 e. The van der Waals surface area contributed by atoms with Crippen LogP contribution in [0.5, 0.6) is 0 Å². The summed E-state index contributed by atoms with van der Waals surface area (Å²) in [6.45, 7) is 8.12. The first kappa shape index (κ1) is 18.4. The van der Waals surface area contributed by atoms with Gasteiger partial charge in [-0.25, -0.2) is 9.80 Å². The van der Waals surface area contributed by atoms with E-state index in [2.05, 4.69) is 29.2 Å². The molecule has 0 unspecified atom stereocenters. The zero-order chi connectivity index (χ0) is 19.0. The second-order valence-electron chi connectivity index (χ2n) is 8.30. The Morgan fingerprint density at radius 1 is 1.15 bits per heavy atom. The molecule has 0 radical (unpaired) electrons. The van der Waals surface area contributed by atoms with Crippen LogP contribution >= 0.6 is 0 Å². The number of ether oxygens (including phenoxy) is 1. The van der Waals surface area contributed by atoms with E-state index in [1.54, 1.807) is 0 Å². The van der Waals surface area contributed by atoms with Crippen molar-refractivity contribution in [1.82, 2.24) is 15.3 Å². The summed E-state index contributed by atoms with van der Waals surface area (Å²) in [6.07, 6.45) is 2.93. The standard InChI is InChI=1S/C21H29N3O3/c1-15(2)23-11-13-24(14-12-23)22-19(25)16-7-9-21(10-8-16)18-6-4-3-5-17(18)20(26)27-21/h3-6,15-16H,7-14H2,1-2H3,(H,22,25)/t16-,21-. The predicted molar refractivity (Wildman–Crippen MR) is 102 cm³/mol. The van der Waals surface area contributed by atoms with E-state index in [0.717, 1.165) is 57.4 Å². The molecule has 0 aromatic heterocycles. The van der Waals surface area contributed by atoms with Crippen LogP contribution in [0.15, 0.2) is 24.3 Å². The molecule has 0 bridgehead atoms. The monoisotopic (exact) mass is 371 g/mol. The molecule has 1 spiro atoms. The minimum absolute atomic E-state index is 0.00906. The Bertz CT molecular complexity index is 717. The lowest BCUT2D eigenvalue weighted by Gasteiger charge is -2.39. The van der Waals surface area contributed by atoms with E-state index in [4.69, 9.17) is 4.74 Å². The lowest BCUT2D eigenvalue weighted by atomic mass is 9.75. The van der Waals surface area contributed by atoms with Gasteiger partial charge < -0.3 is 4.74 Å². The number of hydrogen-bond acceptors (Lipinski definition) is 5. The van der Waals surface area contributed by atoms with Crippen molar-refractivity contribution < 1.29 is 14.3 Å². The van der Waals surface area contributed by atoms with Gasteiger partial charge >= 0.3 is 5.97 Å². The molecule has 1 aromatic rings. The van der Waals surface area contributed by atoms with Crippen LogP contribution in [0.4, 0.5) is 0 Å². The van der Waals surface area contributed by atoms with Gasteiger partial charge in [0.1, 0.15) is 5.60 Å². The number of nitrogens with one attached hydrogen (secondary N) is 1. The Labute approximate surface area is 160 Å². The summed E-state index contributed by atoms with van der Waals surface area (Å²) in [5.41, 5.74) is 4.28. The molecule has 1 saturated heterocycles. The highest BCUT2D eigenvalue weighted by Crippen LogP contribution is 2.48. The molecule has 1 N–H and O–H groups in total. The largest absolute Gasteiger partial charge is 0.451 e. The normalized spacial score (nSPS) is 29.0. The first-order valence-corrected chi connectivity index (χ1v) is 10.1. The number of carbonyl (C=O) groups excluding carboxylic acids is 2. The first-order valence-electron chi connectivity index (χ1n) is 10.1. The number of amides is 1. The maximum atomic E-state index is 12.7. The van der Waals surface area contributed by atoms with Gasteiger partial charge in [0.05, 0.1) is 5.56 Å². The van der Waals surface area contributed by atoms with Gasteiger partial charge in [-0.05, 0) is 45.6 Å². The quantitative estimate of drug-likeness (QED) is 0.826. The fraction of sp³-hybridized carbons (Fsp3) is 0.619. The minimum atomic E-state index is -0.520. The number of piperazine rings is 1. The molecule has 4 rings (SSSR count). The molecule has 1 aliphatic carbocycles. The summed E-state index contributed by atoms with van der Waals surface area (Å²) < 4.78 is 5.79. The fourth-order valence-corrected chi connectivity index (χ4v) is 4.66. The number of fused-ring (bicyclic) bond motifs is 2. The number of benzene rings is 1. The number of rotatable bonds is 3. The van der Waals surface area contributed by atoms with E-state index < -0.39 is 5.60 Å². The van der Waals surface area contributed by atoms with Crippen molar-refractivity contribution in [2.75, 3.05) is 26.2 Å². The molecule has 2 aliphatic heterocycles. The van der Waals surface area contributed by atoms with Crippen LogP contribution in [-0.4, -0.2) is 54.0 Å². The van der Waals surface area contributed by atoms with Gasteiger partial charge in [0, 0.05) is 43.7 Å². The number of esters is 1. The van der Waals surface area contributed by atoms with E-state index >= 15 is 0 Å². The van der Waals surface area contributed by atoms with Crippen molar-refractivity contribution in [3.8, 4) is 0 Å². The van der Waals surface area contributed by atoms with Crippen molar-refractivity contribution in [3.05, 3.63) is 35.4 Å². The summed E-state index contributed by atoms with van der Waals surface area (Å²) in [7, 11) is 0. The third-order valence-corrected chi connectivity index (χ3v) is 6.40. The van der Waals surface area contributed by atoms with Crippen molar-refractivity contribution in [2.45, 2.75) is 51.2 Å². The van der Waals surface area contributed by atoms with Gasteiger partial charge in [0.25, 0.3) is 0 Å². The van der Waals surface area contributed by atoms with Crippen LogP contribution in [0.2, 0.25) is 0 Å². The number of nitrogens with zero attached hydrogens (tertiary/aromatic N) is 2. The molecule has 2 fully saturated rings. The van der Waals surface area contributed by atoms with Crippen molar-refractivity contribution in [3.63, 3.8) is 0 Å². The molecule has 1 aromatic carbocycles. The highest BCUT2D eigenvalue weighted by Gasteiger charge is 2.48. The highest BCUT2D eigenvalue weighted by molar-refractivity contribution is 5.94. The van der Waals surface area contributed by atoms with Crippen LogP contribution in [0.3, 0.4) is 0 Å². The second kappa shape index (κ2) is 7.24. The summed E-state index contributed by atoms with van der Waals surface area (Å²) in [5.74, 6) is -0.123. The average molecular weight is 371 g/mol. The van der Waals surface area contributed by atoms with E-state index in [1.165, 1.54) is 0 Å². The van der Waals surface area contributed by atoms with Gasteiger partial charge in [0.15, 0.2) is 0 Å². The van der Waals surface area contributed by atoms with E-state index in [1.807, 2.05) is 24.3 Å². The Morgan fingerprint density at radius 3 is 2.48 bits per heavy atom. The van der Waals surface area contributed by atoms with E-state index in [0.29, 0.717) is 11.6 Å². The Morgan fingerprint density at radius 2 is 1.81 bits per heavy atom. The lowest BCUT2D eigenvalue weighted by molar-refractivity contribution is -0.134. The van der Waals surface area contributed by atoms with Crippen LogP contribution in [0, 0.1) is 5.92 Å². The second-order valence-corrected chi connectivity index (χ2v) is 8.30. The van der Waals surface area contributed by atoms with E-state index in [9.17, 15) is 9.59 Å². The molecule has 1 saturated carbocycles. The average Bonchev–Trinajstić information content (AvgIpc) is 2.95. The minimum Gasteiger partial charge on any atom is -0.451 e. The summed E-state index contributed by atoms with van der Waals surface area (Å²) >= 11 is 0. The van der Waals surface area contributed by atoms with Crippen molar-refractivity contribution in [2.24, 2.45) is 5.92 Å². The maximum absolute atomic E-state index is 12.7. The number of carbonyl (C=O) groups is 2. The van der Waals surface area contributed by atoms with Gasteiger partial charge in [-0.3, -0.25) is 15.1 Å². The van der Waals surface area contributed by atoms with Gasteiger partial charge in [0.2, 0.25) is 5.91 Å². The van der Waals surface area contributed by atoms with Crippen LogP contribution in [0.25, 0.3) is 0 Å². The van der Waals surface area contributed by atoms with Gasteiger partial charge in [-0.15, -0.1) is 0 Å². The van der Waals surface area contributed by atoms with E-state index in [-0.39, 0.29) is 17.8 Å². The zero-order valence-corrected chi connectivity index (χ0v) is 16.2. The summed E-state index contributed by atoms with van der Waals surface area (Å²) in [4.78, 5) is 27.3. The van der Waals surface area contributed by atoms with Gasteiger partial charge in [-0.2, -0.15) is 0 Å². The Balaban J connectivity index is 1.32. The molecule has 146 valence electrons. The number of hydrazine groups is 1. The number of hydrogen-bond donors (Lipinski definition) is 1. The Kier molecular flexibility index (Phi) is 4.95. The summed E-state index contributed by atoms with van der Waals surface area (Å²) in [6, 6.07) is 8.21. The molecule has 27 heavy (non-hydrogen) atoms. The van der Waals surface area contributed by atoms with Crippen LogP contribution in [-0.2, 0) is 15.1 Å². The third-order valence-electron chi connectivity index (χ3n) is 6.40.